The maximum absolute atomic E-state index is 11.4. The third-order valence-corrected chi connectivity index (χ3v) is 3.24. The van der Waals surface area contributed by atoms with Crippen LogP contribution in [0.5, 0.6) is 0 Å². The van der Waals surface area contributed by atoms with Gasteiger partial charge in [-0.1, -0.05) is 18.2 Å². The van der Waals surface area contributed by atoms with Gasteiger partial charge < -0.3 is 14.5 Å². The fraction of sp³-hybridized carbons (Fsp3) is 0.167. The molecule has 22 heavy (non-hydrogen) atoms. The quantitative estimate of drug-likeness (QED) is 0.623. The Bertz CT molecular complexity index is 634. The van der Waals surface area contributed by atoms with E-state index in [1.165, 1.54) is 13.2 Å². The van der Waals surface area contributed by atoms with Gasteiger partial charge >= 0.3 is 5.97 Å². The standard InChI is InChI=1S/C18H20N2O2/c1-19(2)15-9-11-17(12-10-15)20(14-13-18(21)22-3)16-7-5-4-6-8-16/h4-14H,1-3H3/b14-13+. The summed E-state index contributed by atoms with van der Waals surface area (Å²) in [5, 5.41) is 0. The molecule has 0 unspecified atom stereocenters. The van der Waals surface area contributed by atoms with Gasteiger partial charge in [0.2, 0.25) is 0 Å². The highest BCUT2D eigenvalue weighted by Gasteiger charge is 2.07. The Balaban J connectivity index is 2.35. The van der Waals surface area contributed by atoms with E-state index < -0.39 is 0 Å². The summed E-state index contributed by atoms with van der Waals surface area (Å²) < 4.78 is 4.66. The summed E-state index contributed by atoms with van der Waals surface area (Å²) in [7, 11) is 5.37. The highest BCUT2D eigenvalue weighted by atomic mass is 16.5. The van der Waals surface area contributed by atoms with Crippen LogP contribution in [0.15, 0.2) is 66.9 Å². The Morgan fingerprint density at radius 2 is 1.45 bits per heavy atom. The Morgan fingerprint density at radius 3 is 2.00 bits per heavy atom. The molecular formula is C18H20N2O2. The number of rotatable bonds is 5. The minimum absolute atomic E-state index is 0.383. The van der Waals surface area contributed by atoms with Crippen molar-refractivity contribution in [3.63, 3.8) is 0 Å². The lowest BCUT2D eigenvalue weighted by Gasteiger charge is -2.22. The number of para-hydroxylation sites is 1. The molecule has 0 fully saturated rings. The summed E-state index contributed by atoms with van der Waals surface area (Å²) in [6, 6.07) is 18.0. The zero-order valence-corrected chi connectivity index (χ0v) is 13.1. The number of carbonyl (C=O) groups excluding carboxylic acids is 1. The predicted molar refractivity (Wildman–Crippen MR) is 90.5 cm³/mol. The van der Waals surface area contributed by atoms with Crippen molar-refractivity contribution < 1.29 is 9.53 Å². The van der Waals surface area contributed by atoms with E-state index in [0.29, 0.717) is 0 Å². The van der Waals surface area contributed by atoms with Crippen molar-refractivity contribution in [2.45, 2.75) is 0 Å². The maximum atomic E-state index is 11.4. The molecule has 0 radical (unpaired) electrons. The van der Waals surface area contributed by atoms with E-state index in [1.54, 1.807) is 6.20 Å². The number of anilines is 3. The van der Waals surface area contributed by atoms with Gasteiger partial charge in [-0.2, -0.15) is 0 Å². The first-order valence-electron chi connectivity index (χ1n) is 6.99. The smallest absolute Gasteiger partial charge is 0.331 e. The molecule has 0 heterocycles. The van der Waals surface area contributed by atoms with Crippen LogP contribution < -0.4 is 9.80 Å². The lowest BCUT2D eigenvalue weighted by Crippen LogP contribution is -2.11. The molecule has 2 aromatic carbocycles. The monoisotopic (exact) mass is 296 g/mol. The second-order valence-corrected chi connectivity index (χ2v) is 4.96. The van der Waals surface area contributed by atoms with Crippen molar-refractivity contribution in [2.24, 2.45) is 0 Å². The Labute approximate surface area is 131 Å². The molecule has 2 rings (SSSR count). The molecule has 0 aromatic heterocycles. The van der Waals surface area contributed by atoms with E-state index in [4.69, 9.17) is 0 Å². The van der Waals surface area contributed by atoms with Gasteiger partial charge in [-0.3, -0.25) is 0 Å². The normalized spacial score (nSPS) is 10.5. The first kappa shape index (κ1) is 15.6. The number of benzene rings is 2. The van der Waals surface area contributed by atoms with Gasteiger partial charge in [0.15, 0.2) is 0 Å². The summed E-state index contributed by atoms with van der Waals surface area (Å²) in [4.78, 5) is 15.4. The van der Waals surface area contributed by atoms with Crippen LogP contribution in [-0.4, -0.2) is 27.2 Å². The number of carbonyl (C=O) groups is 1. The van der Waals surface area contributed by atoms with E-state index in [0.717, 1.165) is 17.1 Å². The highest BCUT2D eigenvalue weighted by Crippen LogP contribution is 2.27. The van der Waals surface area contributed by atoms with Crippen molar-refractivity contribution in [3.8, 4) is 0 Å². The van der Waals surface area contributed by atoms with Gasteiger partial charge in [0, 0.05) is 43.4 Å². The zero-order chi connectivity index (χ0) is 15.9. The minimum Gasteiger partial charge on any atom is -0.466 e. The Hall–Kier alpha value is -2.75. The first-order valence-corrected chi connectivity index (χ1v) is 6.99. The van der Waals surface area contributed by atoms with Crippen LogP contribution in [0.2, 0.25) is 0 Å². The second kappa shape index (κ2) is 7.31. The molecule has 0 aliphatic heterocycles. The molecule has 4 heteroatoms. The van der Waals surface area contributed by atoms with Gasteiger partial charge in [-0.05, 0) is 36.4 Å². The van der Waals surface area contributed by atoms with Crippen molar-refractivity contribution >= 4 is 23.0 Å². The number of ether oxygens (including phenoxy) is 1. The molecule has 0 aliphatic rings. The third-order valence-electron chi connectivity index (χ3n) is 3.24. The van der Waals surface area contributed by atoms with Gasteiger partial charge in [0.05, 0.1) is 7.11 Å². The van der Waals surface area contributed by atoms with Gasteiger partial charge in [0.25, 0.3) is 0 Å². The SMILES string of the molecule is COC(=O)/C=C/N(c1ccccc1)c1ccc(N(C)C)cc1. The summed E-state index contributed by atoms with van der Waals surface area (Å²) in [5.74, 6) is -0.383. The molecule has 114 valence electrons. The Kier molecular flexibility index (Phi) is 5.20. The average molecular weight is 296 g/mol. The summed E-state index contributed by atoms with van der Waals surface area (Å²) in [6.07, 6.45) is 3.12. The molecule has 0 N–H and O–H groups in total. The van der Waals surface area contributed by atoms with Crippen LogP contribution >= 0.6 is 0 Å². The molecule has 0 aliphatic carbocycles. The number of hydrogen-bond acceptors (Lipinski definition) is 4. The van der Waals surface area contributed by atoms with Crippen molar-refractivity contribution in [1.82, 2.24) is 0 Å². The van der Waals surface area contributed by atoms with Crippen LogP contribution in [0, 0.1) is 0 Å². The maximum Gasteiger partial charge on any atom is 0.331 e. The largest absolute Gasteiger partial charge is 0.466 e. The number of methoxy groups -OCH3 is 1. The molecule has 4 nitrogen and oxygen atoms in total. The molecule has 0 bridgehead atoms. The topological polar surface area (TPSA) is 32.8 Å². The molecule has 0 spiro atoms. The molecule has 0 saturated carbocycles. The summed E-state index contributed by atoms with van der Waals surface area (Å²) in [6.45, 7) is 0. The summed E-state index contributed by atoms with van der Waals surface area (Å²) in [5.41, 5.74) is 3.06. The predicted octanol–water partition coefficient (Wildman–Crippen LogP) is 3.58. The zero-order valence-electron chi connectivity index (χ0n) is 13.1. The van der Waals surface area contributed by atoms with E-state index in [-0.39, 0.29) is 5.97 Å². The van der Waals surface area contributed by atoms with Crippen molar-refractivity contribution in [1.29, 1.82) is 0 Å². The van der Waals surface area contributed by atoms with Crippen LogP contribution in [-0.2, 0) is 9.53 Å². The van der Waals surface area contributed by atoms with E-state index in [9.17, 15) is 4.79 Å². The van der Waals surface area contributed by atoms with Crippen LogP contribution in [0.25, 0.3) is 0 Å². The van der Waals surface area contributed by atoms with Crippen LogP contribution in [0.4, 0.5) is 17.1 Å². The fourth-order valence-electron chi connectivity index (χ4n) is 2.02. The Morgan fingerprint density at radius 1 is 0.909 bits per heavy atom. The molecular weight excluding hydrogens is 276 g/mol. The lowest BCUT2D eigenvalue weighted by atomic mass is 10.2. The van der Waals surface area contributed by atoms with E-state index >= 15 is 0 Å². The summed E-state index contributed by atoms with van der Waals surface area (Å²) >= 11 is 0. The first-order chi connectivity index (χ1) is 10.6. The second-order valence-electron chi connectivity index (χ2n) is 4.96. The lowest BCUT2D eigenvalue weighted by molar-refractivity contribution is -0.134. The molecule has 0 saturated heterocycles. The minimum atomic E-state index is -0.383. The van der Waals surface area contributed by atoms with Gasteiger partial charge in [0.1, 0.15) is 0 Å². The van der Waals surface area contributed by atoms with Crippen LogP contribution in [0.1, 0.15) is 0 Å². The van der Waals surface area contributed by atoms with Crippen molar-refractivity contribution in [3.05, 3.63) is 66.9 Å². The average Bonchev–Trinajstić information content (AvgIpc) is 2.56. The van der Waals surface area contributed by atoms with Gasteiger partial charge in [-0.25, -0.2) is 4.79 Å². The van der Waals surface area contributed by atoms with E-state index in [2.05, 4.69) is 4.74 Å². The fourth-order valence-corrected chi connectivity index (χ4v) is 2.02. The van der Waals surface area contributed by atoms with Crippen LogP contribution in [0.3, 0.4) is 0 Å². The highest BCUT2D eigenvalue weighted by molar-refractivity contribution is 5.83. The van der Waals surface area contributed by atoms with E-state index in [1.807, 2.05) is 78.5 Å². The van der Waals surface area contributed by atoms with Gasteiger partial charge in [-0.15, -0.1) is 0 Å². The molecule has 0 amide bonds. The third kappa shape index (κ3) is 3.88. The number of nitrogens with zero attached hydrogens (tertiary/aromatic N) is 2. The number of esters is 1. The van der Waals surface area contributed by atoms with Crippen molar-refractivity contribution in [2.75, 3.05) is 31.0 Å². The number of hydrogen-bond donors (Lipinski definition) is 0. The molecule has 2 aromatic rings. The molecule has 0 atom stereocenters.